The van der Waals surface area contributed by atoms with Gasteiger partial charge >= 0.3 is 6.18 Å². The van der Waals surface area contributed by atoms with E-state index in [0.29, 0.717) is 11.9 Å². The molecule has 2 N–H and O–H groups in total. The van der Waals surface area contributed by atoms with E-state index in [2.05, 4.69) is 15.4 Å². The summed E-state index contributed by atoms with van der Waals surface area (Å²) in [7, 11) is 1.40. The average Bonchev–Trinajstić information content (AvgIpc) is 2.65. The zero-order valence-electron chi connectivity index (χ0n) is 14.2. The van der Waals surface area contributed by atoms with Crippen molar-refractivity contribution in [2.75, 3.05) is 12.4 Å². The number of alkyl halides is 3. The molecular weight excluding hydrogens is 401 g/mol. The van der Waals surface area contributed by atoms with Crippen LogP contribution in [0.4, 0.5) is 24.5 Å². The number of phenols is 1. The number of phenolic OH excluding ortho intramolecular Hbond substituents is 1. The fraction of sp³-hybridized carbons (Fsp3) is 0.118. The van der Waals surface area contributed by atoms with Crippen molar-refractivity contribution in [3.8, 4) is 17.3 Å². The van der Waals surface area contributed by atoms with Crippen LogP contribution >= 0.6 is 11.6 Å². The highest BCUT2D eigenvalue weighted by molar-refractivity contribution is 6.33. The van der Waals surface area contributed by atoms with Crippen molar-refractivity contribution < 1.29 is 23.0 Å². The van der Waals surface area contributed by atoms with Crippen LogP contribution in [-0.4, -0.2) is 27.0 Å². The largest absolute Gasteiger partial charge is 0.504 e. The summed E-state index contributed by atoms with van der Waals surface area (Å²) in [6, 6.07) is 6.25. The molecule has 1 aromatic carbocycles. The van der Waals surface area contributed by atoms with Gasteiger partial charge < -0.3 is 15.2 Å². The van der Waals surface area contributed by atoms with Gasteiger partial charge in [-0.2, -0.15) is 23.0 Å². The molecule has 0 unspecified atom stereocenters. The molecule has 0 saturated heterocycles. The van der Waals surface area contributed by atoms with Crippen LogP contribution in [0.15, 0.2) is 47.5 Å². The fourth-order valence-electron chi connectivity index (χ4n) is 2.29. The lowest BCUT2D eigenvalue weighted by Crippen LogP contribution is -2.23. The first kappa shape index (κ1) is 19.5. The number of hydrogen-bond acceptors (Lipinski definition) is 6. The average molecular weight is 413 g/mol. The molecule has 0 amide bonds. The molecule has 28 heavy (non-hydrogen) atoms. The second-order valence-electron chi connectivity index (χ2n) is 5.50. The van der Waals surface area contributed by atoms with Crippen molar-refractivity contribution in [2.45, 2.75) is 6.18 Å². The predicted molar refractivity (Wildman–Crippen MR) is 95.6 cm³/mol. The second-order valence-corrected chi connectivity index (χ2v) is 5.88. The van der Waals surface area contributed by atoms with Gasteiger partial charge in [-0.1, -0.05) is 11.6 Å². The second kappa shape index (κ2) is 7.39. The Hall–Kier alpha value is -3.27. The maximum Gasteiger partial charge on any atom is 0.417 e. The SMILES string of the molecule is COc1ccc(Nc2cnn(-c3ccc(C(F)(F)F)cn3)c(=O)c2Cl)cc1O. The van der Waals surface area contributed by atoms with E-state index in [1.165, 1.54) is 25.4 Å². The Kier molecular flexibility index (Phi) is 5.14. The van der Waals surface area contributed by atoms with E-state index in [0.717, 1.165) is 16.8 Å². The number of ether oxygens (including phenoxy) is 1. The van der Waals surface area contributed by atoms with Crippen LogP contribution in [0.5, 0.6) is 11.5 Å². The number of nitrogens with zero attached hydrogens (tertiary/aromatic N) is 3. The third-order valence-electron chi connectivity index (χ3n) is 3.67. The number of pyridine rings is 1. The highest BCUT2D eigenvalue weighted by Gasteiger charge is 2.30. The number of rotatable bonds is 4. The Morgan fingerprint density at radius 1 is 1.21 bits per heavy atom. The quantitative estimate of drug-likeness (QED) is 0.678. The van der Waals surface area contributed by atoms with Gasteiger partial charge in [0, 0.05) is 18.0 Å². The van der Waals surface area contributed by atoms with Crippen LogP contribution in [0, 0.1) is 0 Å². The van der Waals surface area contributed by atoms with E-state index in [9.17, 15) is 23.1 Å². The van der Waals surface area contributed by atoms with Crippen molar-refractivity contribution in [2.24, 2.45) is 0 Å². The molecule has 0 bridgehead atoms. The van der Waals surface area contributed by atoms with Gasteiger partial charge in [-0.05, 0) is 24.3 Å². The van der Waals surface area contributed by atoms with E-state index in [1.54, 1.807) is 6.07 Å². The van der Waals surface area contributed by atoms with E-state index < -0.39 is 17.3 Å². The van der Waals surface area contributed by atoms with Gasteiger partial charge in [0.1, 0.15) is 5.02 Å². The van der Waals surface area contributed by atoms with Crippen LogP contribution < -0.4 is 15.6 Å². The lowest BCUT2D eigenvalue weighted by atomic mass is 10.2. The minimum absolute atomic E-state index is 0.117. The summed E-state index contributed by atoms with van der Waals surface area (Å²) in [6.07, 6.45) is -2.73. The molecular formula is C17H12ClF3N4O3. The Morgan fingerprint density at radius 2 is 1.96 bits per heavy atom. The summed E-state index contributed by atoms with van der Waals surface area (Å²) >= 11 is 6.07. The topological polar surface area (TPSA) is 89.3 Å². The smallest absolute Gasteiger partial charge is 0.417 e. The summed E-state index contributed by atoms with van der Waals surface area (Å²) in [5.74, 6) is 0.0194. The van der Waals surface area contributed by atoms with E-state index >= 15 is 0 Å². The lowest BCUT2D eigenvalue weighted by molar-refractivity contribution is -0.137. The summed E-state index contributed by atoms with van der Waals surface area (Å²) in [5, 5.41) is 16.2. The minimum atomic E-state index is -4.54. The molecule has 0 saturated carbocycles. The van der Waals surface area contributed by atoms with Crippen molar-refractivity contribution >= 4 is 23.0 Å². The van der Waals surface area contributed by atoms with Gasteiger partial charge in [0.15, 0.2) is 17.3 Å². The molecule has 7 nitrogen and oxygen atoms in total. The van der Waals surface area contributed by atoms with E-state index in [1.807, 2.05) is 0 Å². The molecule has 3 rings (SSSR count). The monoisotopic (exact) mass is 412 g/mol. The first-order valence-electron chi connectivity index (χ1n) is 7.66. The molecule has 11 heteroatoms. The molecule has 0 aliphatic rings. The summed E-state index contributed by atoms with van der Waals surface area (Å²) in [5.41, 5.74) is -1.18. The van der Waals surface area contributed by atoms with Gasteiger partial charge in [0.05, 0.1) is 24.6 Å². The maximum absolute atomic E-state index is 12.6. The number of nitrogens with one attached hydrogen (secondary N) is 1. The highest BCUT2D eigenvalue weighted by atomic mass is 35.5. The number of aromatic nitrogens is 3. The summed E-state index contributed by atoms with van der Waals surface area (Å²) in [6.45, 7) is 0. The van der Waals surface area contributed by atoms with Crippen molar-refractivity contribution in [1.82, 2.24) is 14.8 Å². The molecule has 0 fully saturated rings. The predicted octanol–water partition coefficient (Wildman–Crippen LogP) is 3.76. The molecule has 2 heterocycles. The third-order valence-corrected chi connectivity index (χ3v) is 4.03. The number of halogens is 4. The molecule has 0 atom stereocenters. The van der Waals surface area contributed by atoms with Crippen molar-refractivity contribution in [3.05, 3.63) is 63.7 Å². The van der Waals surface area contributed by atoms with E-state index in [-0.39, 0.29) is 28.0 Å². The van der Waals surface area contributed by atoms with Crippen LogP contribution in [0.1, 0.15) is 5.56 Å². The molecule has 0 spiro atoms. The standard InChI is InChI=1S/C17H12ClF3N4O3/c1-28-13-4-3-10(6-12(13)26)24-11-8-23-25(16(27)15(11)18)14-5-2-9(7-22-14)17(19,20)21/h2-8,24,26H,1H3. The van der Waals surface area contributed by atoms with Gasteiger partial charge in [-0.3, -0.25) is 4.79 Å². The molecule has 3 aromatic rings. The normalized spacial score (nSPS) is 11.3. The summed E-state index contributed by atoms with van der Waals surface area (Å²) < 4.78 is 43.6. The number of hydrogen-bond donors (Lipinski definition) is 2. The Labute approximate surface area is 161 Å². The first-order valence-corrected chi connectivity index (χ1v) is 8.04. The first-order chi connectivity index (χ1) is 13.2. The number of methoxy groups -OCH3 is 1. The van der Waals surface area contributed by atoms with Crippen LogP contribution in [0.3, 0.4) is 0 Å². The lowest BCUT2D eigenvalue weighted by Gasteiger charge is -2.12. The minimum Gasteiger partial charge on any atom is -0.504 e. The van der Waals surface area contributed by atoms with Gasteiger partial charge in [0.25, 0.3) is 5.56 Å². The number of benzene rings is 1. The van der Waals surface area contributed by atoms with Gasteiger partial charge in [-0.15, -0.1) is 0 Å². The van der Waals surface area contributed by atoms with Crippen LogP contribution in [-0.2, 0) is 6.18 Å². The zero-order chi connectivity index (χ0) is 20.5. The van der Waals surface area contributed by atoms with Crippen LogP contribution in [0.25, 0.3) is 5.82 Å². The molecule has 146 valence electrons. The molecule has 0 aliphatic heterocycles. The van der Waals surface area contributed by atoms with Crippen molar-refractivity contribution in [1.29, 1.82) is 0 Å². The van der Waals surface area contributed by atoms with Crippen LogP contribution in [0.2, 0.25) is 5.02 Å². The van der Waals surface area contributed by atoms with E-state index in [4.69, 9.17) is 16.3 Å². The maximum atomic E-state index is 12.6. The molecule has 0 aliphatic carbocycles. The number of anilines is 2. The Balaban J connectivity index is 1.91. The fourth-order valence-corrected chi connectivity index (χ4v) is 2.46. The highest BCUT2D eigenvalue weighted by Crippen LogP contribution is 2.31. The van der Waals surface area contributed by atoms with Gasteiger partial charge in [-0.25, -0.2) is 4.98 Å². The van der Waals surface area contributed by atoms with Crippen molar-refractivity contribution in [3.63, 3.8) is 0 Å². The third kappa shape index (κ3) is 3.86. The van der Waals surface area contributed by atoms with Gasteiger partial charge in [0.2, 0.25) is 0 Å². The Bertz CT molecular complexity index is 1070. The zero-order valence-corrected chi connectivity index (χ0v) is 14.9. The number of aromatic hydroxyl groups is 1. The Morgan fingerprint density at radius 3 is 2.54 bits per heavy atom. The summed E-state index contributed by atoms with van der Waals surface area (Å²) in [4.78, 5) is 16.0. The molecule has 0 radical (unpaired) electrons. The molecule has 2 aromatic heterocycles.